The summed E-state index contributed by atoms with van der Waals surface area (Å²) < 4.78 is 24.5. The number of anilines is 1. The van der Waals surface area contributed by atoms with Gasteiger partial charge >= 0.3 is 0 Å². The van der Waals surface area contributed by atoms with Gasteiger partial charge < -0.3 is 34.1 Å². The largest absolute Gasteiger partial charge is 0.493 e. The van der Waals surface area contributed by atoms with Crippen LogP contribution in [0.3, 0.4) is 0 Å². The lowest BCUT2D eigenvalue weighted by atomic mass is 9.93. The van der Waals surface area contributed by atoms with Crippen LogP contribution in [-0.2, 0) is 27.2 Å². The number of aryl methyl sites for hydroxylation is 3. The molecule has 0 saturated heterocycles. The lowest BCUT2D eigenvalue weighted by Gasteiger charge is -2.23. The minimum Gasteiger partial charge on any atom is -0.493 e. The zero-order chi connectivity index (χ0) is 52.6. The van der Waals surface area contributed by atoms with Crippen molar-refractivity contribution in [1.29, 1.82) is 0 Å². The van der Waals surface area contributed by atoms with Crippen molar-refractivity contribution in [3.63, 3.8) is 0 Å². The quantitative estimate of drug-likeness (QED) is 0.0577. The number of ketones is 1. The number of Topliss-reactive ketones (excluding diaryl/α,β-unsaturated/α-hetero) is 1. The first-order valence-electron chi connectivity index (χ1n) is 27.5. The van der Waals surface area contributed by atoms with Gasteiger partial charge in [0.15, 0.2) is 17.3 Å². The van der Waals surface area contributed by atoms with Gasteiger partial charge in [0.2, 0.25) is 5.91 Å². The Morgan fingerprint density at radius 1 is 0.697 bits per heavy atom. The molecule has 2 N–H and O–H groups in total. The third-order valence-corrected chi connectivity index (χ3v) is 16.6. The first-order valence-corrected chi connectivity index (χ1v) is 27.5. The van der Waals surface area contributed by atoms with E-state index in [1.54, 1.807) is 14.0 Å². The van der Waals surface area contributed by atoms with E-state index in [4.69, 9.17) is 18.9 Å². The van der Waals surface area contributed by atoms with Crippen LogP contribution < -0.4 is 24.8 Å². The summed E-state index contributed by atoms with van der Waals surface area (Å²) in [4.78, 5) is 58.7. The molecule has 4 atom stereocenters. The van der Waals surface area contributed by atoms with Gasteiger partial charge in [-0.05, 0) is 162 Å². The number of fused-ring (bicyclic) bond motifs is 7. The molecule has 0 unspecified atom stereocenters. The fraction of sp³-hybridized carbons (Fsp3) is 0.406. The zero-order valence-electron chi connectivity index (χ0n) is 44.5. The molecule has 4 heterocycles. The predicted octanol–water partition coefficient (Wildman–Crippen LogP) is 11.4. The summed E-state index contributed by atoms with van der Waals surface area (Å²) in [5.41, 5.74) is 13.5. The second-order valence-corrected chi connectivity index (χ2v) is 22.1. The van der Waals surface area contributed by atoms with Crippen molar-refractivity contribution in [2.24, 2.45) is 17.8 Å². The number of benzene rings is 5. The summed E-state index contributed by atoms with van der Waals surface area (Å²) in [7, 11) is 1.61. The van der Waals surface area contributed by atoms with E-state index in [-0.39, 0.29) is 60.6 Å². The molecule has 394 valence electrons. The van der Waals surface area contributed by atoms with E-state index in [1.807, 2.05) is 85.3 Å². The van der Waals surface area contributed by atoms with Gasteiger partial charge in [-0.3, -0.25) is 24.5 Å². The van der Waals surface area contributed by atoms with Gasteiger partial charge in [-0.2, -0.15) is 0 Å². The number of amides is 3. The number of nitrogens with zero attached hydrogens (tertiary/aromatic N) is 2. The van der Waals surface area contributed by atoms with Crippen LogP contribution in [-0.4, -0.2) is 85.1 Å². The molecule has 76 heavy (non-hydrogen) atoms. The lowest BCUT2D eigenvalue weighted by molar-refractivity contribution is -0.128. The van der Waals surface area contributed by atoms with Gasteiger partial charge in [0, 0.05) is 66.0 Å². The molecule has 6 aliphatic rings. The highest BCUT2D eigenvalue weighted by molar-refractivity contribution is 6.00. The van der Waals surface area contributed by atoms with Crippen LogP contribution in [0.5, 0.6) is 17.2 Å². The van der Waals surface area contributed by atoms with Gasteiger partial charge in [-0.1, -0.05) is 81.4 Å². The summed E-state index contributed by atoms with van der Waals surface area (Å²) in [6, 6.07) is 32.3. The summed E-state index contributed by atoms with van der Waals surface area (Å²) in [5, 5.41) is 6.35. The van der Waals surface area contributed by atoms with Crippen molar-refractivity contribution >= 4 is 34.8 Å². The Hall–Kier alpha value is -7.02. The standard InChI is InChI=1S/C64H70N4O8/c1-38(2)61(65-37-74-36-56-52-13-8-6-11-50(52)51-12-7-9-14-53(51)56)57(69)28-40(4)62(70)66-47-21-17-42(18-22-47)46-30-48-23-19-43-31-58(39(3)27-54(43)63(71)67(48)35-46)75-25-10-26-76-60-32-44-20-24-49-29-45(41-15-16-41)34-68(49)64(72)55(44)33-59(60)73-5/h6-9,11-14,17-18,21-22,27,31-35,38,40-41,48-49,56,61,65H,10,15-16,19-20,23-26,28-30,36-37H2,1-5H3,(H,66,70)/t40-,48-,49-,61+/m1/s1. The van der Waals surface area contributed by atoms with Crippen molar-refractivity contribution in [3.8, 4) is 28.4 Å². The molecule has 2 aliphatic carbocycles. The van der Waals surface area contributed by atoms with E-state index < -0.39 is 12.0 Å². The first-order chi connectivity index (χ1) is 36.9. The van der Waals surface area contributed by atoms with Crippen molar-refractivity contribution in [1.82, 2.24) is 15.1 Å². The Morgan fingerprint density at radius 3 is 1.97 bits per heavy atom. The number of nitrogens with one attached hydrogen (secondary N) is 2. The van der Waals surface area contributed by atoms with Gasteiger partial charge in [0.1, 0.15) is 5.75 Å². The number of hydrogen-bond donors (Lipinski definition) is 2. The van der Waals surface area contributed by atoms with Gasteiger partial charge in [-0.25, -0.2) is 0 Å². The molecular formula is C64H70N4O8. The maximum atomic E-state index is 14.2. The normalized spacial score (nSPS) is 19.3. The average Bonchev–Trinajstić information content (AvgIpc) is 4.00. The van der Waals surface area contributed by atoms with E-state index in [2.05, 4.69) is 65.4 Å². The molecule has 5 aromatic rings. The molecular weight excluding hydrogens is 953 g/mol. The van der Waals surface area contributed by atoms with Crippen molar-refractivity contribution in [2.75, 3.05) is 39.0 Å². The smallest absolute Gasteiger partial charge is 0.258 e. The number of rotatable bonds is 20. The van der Waals surface area contributed by atoms with E-state index in [0.717, 1.165) is 72.1 Å². The summed E-state index contributed by atoms with van der Waals surface area (Å²) in [5.74, 6) is 2.05. The number of hydrogen-bond acceptors (Lipinski definition) is 9. The molecule has 4 aliphatic heterocycles. The minimum atomic E-state index is -0.535. The average molecular weight is 1020 g/mol. The van der Waals surface area contributed by atoms with Gasteiger partial charge in [0.05, 0.1) is 39.7 Å². The van der Waals surface area contributed by atoms with E-state index in [9.17, 15) is 19.2 Å². The Balaban J connectivity index is 0.640. The van der Waals surface area contributed by atoms with Crippen LogP contribution in [0.15, 0.2) is 115 Å². The van der Waals surface area contributed by atoms with Crippen LogP contribution >= 0.6 is 0 Å². The predicted molar refractivity (Wildman–Crippen MR) is 295 cm³/mol. The van der Waals surface area contributed by atoms with Crippen LogP contribution in [0, 0.1) is 24.7 Å². The second-order valence-electron chi connectivity index (χ2n) is 22.1. The van der Waals surface area contributed by atoms with Crippen molar-refractivity contribution in [3.05, 3.63) is 160 Å². The molecule has 0 bridgehead atoms. The van der Waals surface area contributed by atoms with Gasteiger partial charge in [-0.15, -0.1) is 0 Å². The number of ether oxygens (including phenoxy) is 4. The van der Waals surface area contributed by atoms with Crippen LogP contribution in [0.25, 0.3) is 16.7 Å². The topological polar surface area (TPSA) is 136 Å². The monoisotopic (exact) mass is 1020 g/mol. The second kappa shape index (κ2) is 21.9. The van der Waals surface area contributed by atoms with Gasteiger partial charge in [0.25, 0.3) is 11.8 Å². The number of methoxy groups -OCH3 is 1. The highest BCUT2D eigenvalue weighted by atomic mass is 16.5. The van der Waals surface area contributed by atoms with Crippen molar-refractivity contribution in [2.45, 2.75) is 116 Å². The number of carbonyl (C=O) groups excluding carboxylic acids is 4. The molecule has 12 nitrogen and oxygen atoms in total. The lowest BCUT2D eigenvalue weighted by Crippen LogP contribution is -2.43. The van der Waals surface area contributed by atoms with Crippen LogP contribution in [0.2, 0.25) is 0 Å². The molecule has 0 spiro atoms. The van der Waals surface area contributed by atoms with E-state index in [0.29, 0.717) is 60.5 Å². The van der Waals surface area contributed by atoms with Crippen LogP contribution in [0.1, 0.15) is 132 Å². The highest BCUT2D eigenvalue weighted by Crippen LogP contribution is 2.46. The molecule has 11 rings (SSSR count). The van der Waals surface area contributed by atoms with E-state index >= 15 is 0 Å². The maximum Gasteiger partial charge on any atom is 0.258 e. The molecule has 1 fully saturated rings. The number of carbonyl (C=O) groups is 4. The third kappa shape index (κ3) is 10.5. The third-order valence-electron chi connectivity index (χ3n) is 16.6. The Morgan fingerprint density at radius 2 is 1.32 bits per heavy atom. The Labute approximate surface area is 446 Å². The minimum absolute atomic E-state index is 0.0111. The Bertz CT molecular complexity index is 3070. The fourth-order valence-electron chi connectivity index (χ4n) is 12.2. The maximum absolute atomic E-state index is 14.2. The fourth-order valence-corrected chi connectivity index (χ4v) is 12.2. The molecule has 0 aromatic heterocycles. The summed E-state index contributed by atoms with van der Waals surface area (Å²) in [6.07, 6.45) is 12.4. The highest BCUT2D eigenvalue weighted by Gasteiger charge is 2.39. The SMILES string of the molecule is COc1cc2c(cc1OCCCOc1cc3c(cc1C)C(=O)N1C=C(c4ccc(NC(=O)[C@H](C)CC(=O)[C@@H](NCOCC5c6ccccc6-c6ccccc65)C(C)C)cc4)C[C@H]1CC3)CC[C@@H]1CC(C3CC3)=CN1C2=O. The summed E-state index contributed by atoms with van der Waals surface area (Å²) in [6.45, 7) is 9.36. The molecule has 0 radical (unpaired) electrons. The zero-order valence-corrected chi connectivity index (χ0v) is 44.5. The molecule has 1 saturated carbocycles. The first kappa shape index (κ1) is 51.1. The van der Waals surface area contributed by atoms with Crippen LogP contribution in [0.4, 0.5) is 5.69 Å². The van der Waals surface area contributed by atoms with Crippen molar-refractivity contribution < 1.29 is 38.1 Å². The molecule has 12 heteroatoms. The molecule has 3 amide bonds. The Kier molecular flexibility index (Phi) is 14.7. The summed E-state index contributed by atoms with van der Waals surface area (Å²) >= 11 is 0. The molecule has 5 aromatic carbocycles. The van der Waals surface area contributed by atoms with E-state index in [1.165, 1.54) is 40.7 Å².